The molecule has 0 aliphatic carbocycles. The molecule has 0 N–H and O–H groups in total. The van der Waals surface area contributed by atoms with Crippen LogP contribution >= 0.6 is 0 Å². The van der Waals surface area contributed by atoms with Crippen LogP contribution in [0.25, 0.3) is 11.1 Å². The van der Waals surface area contributed by atoms with E-state index in [1.165, 1.54) is 0 Å². The van der Waals surface area contributed by atoms with Gasteiger partial charge in [-0.05, 0) is 41.7 Å². The molecule has 3 rings (SSSR count). The average Bonchev–Trinajstić information content (AvgIpc) is 2.72. The first-order chi connectivity index (χ1) is 13.9. The fourth-order valence-electron chi connectivity index (χ4n) is 3.32. The first-order valence-electron chi connectivity index (χ1n) is 10.1. The quantitative estimate of drug-likeness (QED) is 0.478. The van der Waals surface area contributed by atoms with Gasteiger partial charge < -0.3 is 14.2 Å². The molecule has 1 fully saturated rings. The fourth-order valence-corrected chi connectivity index (χ4v) is 3.32. The van der Waals surface area contributed by atoms with E-state index in [1.807, 2.05) is 36.4 Å². The van der Waals surface area contributed by atoms with Crippen molar-refractivity contribution >= 4 is 0 Å². The molecule has 2 aromatic rings. The highest BCUT2D eigenvalue weighted by Gasteiger charge is 2.26. The second-order valence-corrected chi connectivity index (χ2v) is 7.28. The van der Waals surface area contributed by atoms with Gasteiger partial charge in [0.15, 0.2) is 0 Å². The van der Waals surface area contributed by atoms with Crippen LogP contribution in [-0.4, -0.2) is 32.1 Å². The molecular formula is C23H27F3O3. The molecule has 0 spiro atoms. The molecule has 1 saturated heterocycles. The molecule has 0 amide bonds. The Morgan fingerprint density at radius 1 is 0.931 bits per heavy atom. The summed E-state index contributed by atoms with van der Waals surface area (Å²) in [5.41, 5.74) is 3.16. The van der Waals surface area contributed by atoms with Crippen LogP contribution in [0.1, 0.15) is 44.3 Å². The molecule has 1 aliphatic heterocycles. The van der Waals surface area contributed by atoms with E-state index in [-0.39, 0.29) is 25.2 Å². The molecule has 0 radical (unpaired) electrons. The van der Waals surface area contributed by atoms with Crippen molar-refractivity contribution in [3.8, 4) is 16.9 Å². The summed E-state index contributed by atoms with van der Waals surface area (Å²) in [7, 11) is 0. The smallest absolute Gasteiger partial charge is 0.389 e. The molecule has 0 bridgehead atoms. The molecule has 0 aromatic heterocycles. The third-order valence-electron chi connectivity index (χ3n) is 4.92. The van der Waals surface area contributed by atoms with Crippen LogP contribution in [0.3, 0.4) is 0 Å². The summed E-state index contributed by atoms with van der Waals surface area (Å²) in [4.78, 5) is 0. The average molecular weight is 408 g/mol. The molecule has 0 saturated carbocycles. The Morgan fingerprint density at radius 2 is 1.59 bits per heavy atom. The van der Waals surface area contributed by atoms with Gasteiger partial charge in [-0.3, -0.25) is 0 Å². The lowest BCUT2D eigenvalue weighted by Crippen LogP contribution is -2.30. The van der Waals surface area contributed by atoms with Crippen molar-refractivity contribution in [3.05, 3.63) is 54.1 Å². The second kappa shape index (κ2) is 10.1. The zero-order valence-corrected chi connectivity index (χ0v) is 16.6. The van der Waals surface area contributed by atoms with E-state index in [1.54, 1.807) is 12.1 Å². The van der Waals surface area contributed by atoms with E-state index in [2.05, 4.69) is 6.92 Å². The van der Waals surface area contributed by atoms with Crippen LogP contribution in [-0.2, 0) is 9.47 Å². The predicted molar refractivity (Wildman–Crippen MR) is 106 cm³/mol. The minimum Gasteiger partial charge on any atom is -0.494 e. The summed E-state index contributed by atoms with van der Waals surface area (Å²) >= 11 is 0. The van der Waals surface area contributed by atoms with Crippen molar-refractivity contribution in [1.82, 2.24) is 0 Å². The van der Waals surface area contributed by atoms with E-state index in [0.29, 0.717) is 19.0 Å². The largest absolute Gasteiger partial charge is 0.494 e. The van der Waals surface area contributed by atoms with Crippen LogP contribution in [0, 0.1) is 0 Å². The zero-order valence-electron chi connectivity index (χ0n) is 16.6. The molecule has 158 valence electrons. The van der Waals surface area contributed by atoms with Crippen LogP contribution in [0.5, 0.6) is 5.75 Å². The van der Waals surface area contributed by atoms with Crippen molar-refractivity contribution in [1.29, 1.82) is 0 Å². The van der Waals surface area contributed by atoms with Gasteiger partial charge in [-0.25, -0.2) is 0 Å². The Kier molecular flexibility index (Phi) is 7.56. The Labute approximate surface area is 169 Å². The van der Waals surface area contributed by atoms with Crippen molar-refractivity contribution in [2.75, 3.05) is 19.8 Å². The summed E-state index contributed by atoms with van der Waals surface area (Å²) in [6.07, 6.45) is -2.73. The van der Waals surface area contributed by atoms with Crippen LogP contribution in [0.2, 0.25) is 0 Å². The van der Waals surface area contributed by atoms with E-state index < -0.39 is 12.6 Å². The molecule has 2 unspecified atom stereocenters. The summed E-state index contributed by atoms with van der Waals surface area (Å²) in [6, 6.07) is 15.5. The lowest BCUT2D eigenvalue weighted by Gasteiger charge is -2.29. The number of ether oxygens (including phenoxy) is 3. The highest BCUT2D eigenvalue weighted by Crippen LogP contribution is 2.28. The van der Waals surface area contributed by atoms with Gasteiger partial charge in [-0.15, -0.1) is 0 Å². The van der Waals surface area contributed by atoms with Gasteiger partial charge in [0.1, 0.15) is 11.9 Å². The van der Waals surface area contributed by atoms with E-state index in [0.717, 1.165) is 29.5 Å². The number of benzene rings is 2. The van der Waals surface area contributed by atoms with E-state index >= 15 is 0 Å². The second-order valence-electron chi connectivity index (χ2n) is 7.28. The van der Waals surface area contributed by atoms with Crippen molar-refractivity contribution in [2.24, 2.45) is 0 Å². The fraction of sp³-hybridized carbons (Fsp3) is 0.478. The predicted octanol–water partition coefficient (Wildman–Crippen LogP) is 6.33. The Morgan fingerprint density at radius 3 is 2.14 bits per heavy atom. The number of alkyl halides is 3. The highest BCUT2D eigenvalue weighted by molar-refractivity contribution is 5.64. The van der Waals surface area contributed by atoms with Gasteiger partial charge in [-0.2, -0.15) is 13.2 Å². The first kappa shape index (κ1) is 21.7. The van der Waals surface area contributed by atoms with Crippen molar-refractivity contribution < 1.29 is 27.4 Å². The lowest BCUT2D eigenvalue weighted by atomic mass is 10.0. The maximum atomic E-state index is 12.1. The third-order valence-corrected chi connectivity index (χ3v) is 4.92. The first-order valence-corrected chi connectivity index (χ1v) is 10.1. The summed E-state index contributed by atoms with van der Waals surface area (Å²) in [5, 5.41) is 0. The third kappa shape index (κ3) is 6.75. The molecular weight excluding hydrogens is 381 g/mol. The van der Waals surface area contributed by atoms with E-state index in [9.17, 15) is 13.2 Å². The maximum absolute atomic E-state index is 12.1. The normalized spacial score (nSPS) is 19.9. The van der Waals surface area contributed by atoms with Crippen LogP contribution in [0.4, 0.5) is 13.2 Å². The number of halogens is 3. The Bertz CT molecular complexity index is 733. The molecule has 6 heteroatoms. The number of rotatable bonds is 8. The Hall–Kier alpha value is -2.05. The summed E-state index contributed by atoms with van der Waals surface area (Å²) < 4.78 is 53.6. The summed E-state index contributed by atoms with van der Waals surface area (Å²) in [5.74, 6) is 0.571. The Balaban J connectivity index is 1.51. The molecule has 3 nitrogen and oxygen atoms in total. The zero-order chi connectivity index (χ0) is 20.7. The van der Waals surface area contributed by atoms with Crippen molar-refractivity contribution in [2.45, 2.75) is 51.0 Å². The molecule has 2 aromatic carbocycles. The molecule has 2 atom stereocenters. The topological polar surface area (TPSA) is 27.7 Å². The summed E-state index contributed by atoms with van der Waals surface area (Å²) in [6.45, 7) is 3.39. The highest BCUT2D eigenvalue weighted by atomic mass is 19.4. The monoisotopic (exact) mass is 408 g/mol. The molecule has 1 heterocycles. The van der Waals surface area contributed by atoms with Crippen LogP contribution in [0.15, 0.2) is 48.5 Å². The van der Waals surface area contributed by atoms with Crippen LogP contribution < -0.4 is 4.74 Å². The molecule has 29 heavy (non-hydrogen) atoms. The van der Waals surface area contributed by atoms with Gasteiger partial charge in [0, 0.05) is 6.42 Å². The van der Waals surface area contributed by atoms with Gasteiger partial charge in [-0.1, -0.05) is 49.7 Å². The lowest BCUT2D eigenvalue weighted by molar-refractivity contribution is -0.137. The minimum atomic E-state index is -4.13. The standard InChI is InChI=1S/C23H27F3O3/c1-2-4-21-15-29-22(16-28-21)19-7-5-17(6-8-19)18-9-11-20(12-10-18)27-14-3-13-23(24,25)26/h5-12,21-22H,2-4,13-16H2,1H3. The van der Waals surface area contributed by atoms with Gasteiger partial charge >= 0.3 is 6.18 Å². The van der Waals surface area contributed by atoms with Gasteiger partial charge in [0.05, 0.1) is 25.9 Å². The number of hydrogen-bond acceptors (Lipinski definition) is 3. The number of hydrogen-bond donors (Lipinski definition) is 0. The van der Waals surface area contributed by atoms with Gasteiger partial charge in [0.25, 0.3) is 0 Å². The minimum absolute atomic E-state index is 0.0374. The molecule has 1 aliphatic rings. The maximum Gasteiger partial charge on any atom is 0.389 e. The van der Waals surface area contributed by atoms with E-state index in [4.69, 9.17) is 14.2 Å². The SMILES string of the molecule is CCCC1COC(c2ccc(-c3ccc(OCCCC(F)(F)F)cc3)cc2)CO1. The van der Waals surface area contributed by atoms with Crippen molar-refractivity contribution in [3.63, 3.8) is 0 Å². The van der Waals surface area contributed by atoms with Gasteiger partial charge in [0.2, 0.25) is 0 Å².